The van der Waals surface area contributed by atoms with Crippen LogP contribution in [0.15, 0.2) is 30.3 Å². The summed E-state index contributed by atoms with van der Waals surface area (Å²) >= 11 is 5.46. The Balaban J connectivity index is 2.10. The van der Waals surface area contributed by atoms with Gasteiger partial charge in [0.15, 0.2) is 6.67 Å². The summed E-state index contributed by atoms with van der Waals surface area (Å²) in [5.41, 5.74) is 6.50. The van der Waals surface area contributed by atoms with E-state index in [1.165, 1.54) is 10.5 Å². The number of nitrogens with zero attached hydrogens (tertiary/aromatic N) is 3. The van der Waals surface area contributed by atoms with Gasteiger partial charge in [-0.15, -0.1) is 0 Å². The Kier molecular flexibility index (Phi) is 6.06. The van der Waals surface area contributed by atoms with Gasteiger partial charge in [-0.2, -0.15) is 9.78 Å². The normalized spacial score (nSPS) is 12.3. The van der Waals surface area contributed by atoms with Crippen molar-refractivity contribution in [1.82, 2.24) is 14.3 Å². The molecule has 0 bridgehead atoms. The maximum Gasteiger partial charge on any atom is 0.217 e. The first-order chi connectivity index (χ1) is 11.0. The Hall–Kier alpha value is -1.99. The number of quaternary nitrogens is 1. The number of hydrogen-bond acceptors (Lipinski definition) is 3. The fourth-order valence-corrected chi connectivity index (χ4v) is 2.69. The highest BCUT2D eigenvalue weighted by atomic mass is 32.1. The number of nitrogens with one attached hydrogen (secondary N) is 1. The van der Waals surface area contributed by atoms with Crippen LogP contribution in [-0.4, -0.2) is 26.8 Å². The molecule has 0 fully saturated rings. The number of aryl methyl sites for hydroxylation is 1. The lowest BCUT2D eigenvalue weighted by molar-refractivity contribution is -0.935. The van der Waals surface area contributed by atoms with Gasteiger partial charge < -0.3 is 15.2 Å². The monoisotopic (exact) mass is 334 g/mol. The Morgan fingerprint density at radius 2 is 2.04 bits per heavy atom. The second-order valence-electron chi connectivity index (χ2n) is 5.65. The quantitative estimate of drug-likeness (QED) is 0.688. The minimum absolute atomic E-state index is 0.286. The molecule has 2 aromatic rings. The number of rotatable bonds is 8. The van der Waals surface area contributed by atoms with Gasteiger partial charge in [0.25, 0.3) is 0 Å². The molecule has 0 spiro atoms. The van der Waals surface area contributed by atoms with Gasteiger partial charge in [-0.3, -0.25) is 4.79 Å². The first-order valence-electron chi connectivity index (χ1n) is 7.79. The molecule has 23 heavy (non-hydrogen) atoms. The molecule has 124 valence electrons. The highest BCUT2D eigenvalue weighted by molar-refractivity contribution is 7.71. The zero-order valence-corrected chi connectivity index (χ0v) is 14.5. The molecule has 0 aliphatic carbocycles. The molecule has 1 aromatic heterocycles. The smallest absolute Gasteiger partial charge is 0.217 e. The van der Waals surface area contributed by atoms with Gasteiger partial charge in [-0.25, -0.2) is 0 Å². The number of primary amides is 1. The molecular weight excluding hydrogens is 310 g/mol. The number of aromatic nitrogens is 3. The van der Waals surface area contributed by atoms with Crippen molar-refractivity contribution in [3.63, 3.8) is 0 Å². The molecule has 2 rings (SSSR count). The van der Waals surface area contributed by atoms with Crippen LogP contribution in [0.5, 0.6) is 0 Å². The second-order valence-corrected chi connectivity index (χ2v) is 6.01. The molecule has 0 radical (unpaired) electrons. The van der Waals surface area contributed by atoms with Gasteiger partial charge in [-0.05, 0) is 19.1 Å². The third-order valence-corrected chi connectivity index (χ3v) is 4.38. The molecule has 6 nitrogen and oxygen atoms in total. The molecular formula is C16H24N5OS+. The molecule has 1 unspecified atom stereocenters. The summed E-state index contributed by atoms with van der Waals surface area (Å²) in [7, 11) is 1.88. The van der Waals surface area contributed by atoms with Gasteiger partial charge in [-0.1, -0.05) is 30.3 Å². The van der Waals surface area contributed by atoms with E-state index < -0.39 is 0 Å². The van der Waals surface area contributed by atoms with Gasteiger partial charge >= 0.3 is 0 Å². The van der Waals surface area contributed by atoms with Gasteiger partial charge in [0, 0.05) is 25.5 Å². The molecule has 1 aromatic carbocycles. The summed E-state index contributed by atoms with van der Waals surface area (Å²) in [4.78, 5) is 12.3. The van der Waals surface area contributed by atoms with Gasteiger partial charge in [0.05, 0.1) is 6.54 Å². The van der Waals surface area contributed by atoms with Crippen molar-refractivity contribution in [1.29, 1.82) is 0 Å². The maximum atomic E-state index is 11.0. The first-order valence-corrected chi connectivity index (χ1v) is 8.20. The summed E-state index contributed by atoms with van der Waals surface area (Å²) in [6.07, 6.45) is 0.802. The number of amides is 1. The summed E-state index contributed by atoms with van der Waals surface area (Å²) in [6.45, 7) is 4.75. The van der Waals surface area contributed by atoms with Crippen molar-refractivity contribution < 1.29 is 9.69 Å². The van der Waals surface area contributed by atoms with Gasteiger partial charge in [0.1, 0.15) is 12.4 Å². The lowest BCUT2D eigenvalue weighted by Crippen LogP contribution is -3.09. The standard InChI is InChI=1S/C16H23N5OS/c1-3-20(11-13-7-5-4-6-8-13)12-21-16(23)19(2)15(18-21)10-9-14(17)22/h4-8H,3,9-12H2,1-2H3,(H2,17,22)/p+1. The van der Waals surface area contributed by atoms with Crippen LogP contribution in [0.2, 0.25) is 0 Å². The molecule has 0 saturated heterocycles. The van der Waals surface area contributed by atoms with E-state index in [-0.39, 0.29) is 12.3 Å². The third kappa shape index (κ3) is 4.74. The van der Waals surface area contributed by atoms with Crippen molar-refractivity contribution in [3.8, 4) is 0 Å². The largest absolute Gasteiger partial charge is 0.370 e. The van der Waals surface area contributed by atoms with Crippen LogP contribution in [0.4, 0.5) is 0 Å². The summed E-state index contributed by atoms with van der Waals surface area (Å²) in [5, 5.41) is 4.56. The lowest BCUT2D eigenvalue weighted by Gasteiger charge is -2.17. The number of carbonyl (C=O) groups is 1. The summed E-state index contributed by atoms with van der Waals surface area (Å²) in [5.74, 6) is 0.472. The van der Waals surface area contributed by atoms with Crippen LogP contribution in [0.25, 0.3) is 0 Å². The minimum atomic E-state index is -0.324. The first kappa shape index (κ1) is 17.4. The van der Waals surface area contributed by atoms with Crippen molar-refractivity contribution in [2.24, 2.45) is 12.8 Å². The lowest BCUT2D eigenvalue weighted by atomic mass is 10.2. The molecule has 3 N–H and O–H groups in total. The second kappa shape index (κ2) is 8.03. The Morgan fingerprint density at radius 1 is 1.35 bits per heavy atom. The topological polar surface area (TPSA) is 70.3 Å². The SMILES string of the molecule is CC[NH+](Cc1ccccc1)Cn1nc(CCC(N)=O)n(C)c1=S. The minimum Gasteiger partial charge on any atom is -0.370 e. The predicted molar refractivity (Wildman–Crippen MR) is 91.2 cm³/mol. The van der Waals surface area contributed by atoms with Crippen LogP contribution in [0.3, 0.4) is 0 Å². The van der Waals surface area contributed by atoms with E-state index in [4.69, 9.17) is 18.0 Å². The van der Waals surface area contributed by atoms with Crippen LogP contribution in [-0.2, 0) is 31.5 Å². The fourth-order valence-electron chi connectivity index (χ4n) is 2.48. The molecule has 1 heterocycles. The average Bonchev–Trinajstić information content (AvgIpc) is 2.81. The van der Waals surface area contributed by atoms with E-state index in [0.717, 1.165) is 18.9 Å². The number of benzene rings is 1. The Labute approximate surface area is 141 Å². The highest BCUT2D eigenvalue weighted by Gasteiger charge is 2.13. The van der Waals surface area contributed by atoms with Crippen LogP contribution < -0.4 is 10.6 Å². The van der Waals surface area contributed by atoms with Crippen LogP contribution in [0.1, 0.15) is 24.7 Å². The molecule has 0 aliphatic heterocycles. The van der Waals surface area contributed by atoms with E-state index >= 15 is 0 Å². The molecule has 1 amide bonds. The summed E-state index contributed by atoms with van der Waals surface area (Å²) < 4.78 is 4.37. The van der Waals surface area contributed by atoms with Crippen molar-refractivity contribution in [3.05, 3.63) is 46.5 Å². The van der Waals surface area contributed by atoms with Crippen molar-refractivity contribution in [2.45, 2.75) is 33.0 Å². The number of nitrogens with two attached hydrogens (primary N) is 1. The van der Waals surface area contributed by atoms with E-state index in [2.05, 4.69) is 36.3 Å². The fraction of sp³-hybridized carbons (Fsp3) is 0.438. The van der Waals surface area contributed by atoms with E-state index in [0.29, 0.717) is 17.9 Å². The van der Waals surface area contributed by atoms with Crippen LogP contribution in [0, 0.1) is 4.77 Å². The van der Waals surface area contributed by atoms with E-state index in [9.17, 15) is 4.79 Å². The number of carbonyl (C=O) groups excluding carboxylic acids is 1. The molecule has 1 atom stereocenters. The van der Waals surface area contributed by atoms with E-state index in [1.54, 1.807) is 0 Å². The molecule has 0 saturated carbocycles. The molecule has 0 aliphatic rings. The summed E-state index contributed by atoms with van der Waals surface area (Å²) in [6, 6.07) is 10.4. The third-order valence-electron chi connectivity index (χ3n) is 3.90. The Bertz CT molecular complexity index is 707. The van der Waals surface area contributed by atoms with Crippen molar-refractivity contribution in [2.75, 3.05) is 6.54 Å². The highest BCUT2D eigenvalue weighted by Crippen LogP contribution is 2.02. The molecule has 7 heteroatoms. The zero-order chi connectivity index (χ0) is 16.8. The zero-order valence-electron chi connectivity index (χ0n) is 13.7. The van der Waals surface area contributed by atoms with Crippen LogP contribution >= 0.6 is 12.2 Å². The maximum absolute atomic E-state index is 11.0. The predicted octanol–water partition coefficient (Wildman–Crippen LogP) is 0.431. The average molecular weight is 334 g/mol. The number of hydrogen-bond donors (Lipinski definition) is 2. The Morgan fingerprint density at radius 3 is 2.65 bits per heavy atom. The van der Waals surface area contributed by atoms with Gasteiger partial charge in [0.2, 0.25) is 10.7 Å². The van der Waals surface area contributed by atoms with Crippen molar-refractivity contribution >= 4 is 18.1 Å². The van der Waals surface area contributed by atoms with E-state index in [1.807, 2.05) is 22.4 Å².